The van der Waals surface area contributed by atoms with E-state index < -0.39 is 0 Å². The van der Waals surface area contributed by atoms with Crippen molar-refractivity contribution in [1.29, 1.82) is 0 Å². The first kappa shape index (κ1) is 18.7. The zero-order chi connectivity index (χ0) is 18.6. The standard InChI is InChI=1S/C22H27BrN4/c1-2-3-9-25-10-12-26(13-11-25)16-18-5-4-6-19(14-18)21-15-24-22-8-7-20(23)17-27(21)22/h4-8,14-15,17H,2-3,9-13,16H2,1H3. The molecule has 0 unspecified atom stereocenters. The quantitative estimate of drug-likeness (QED) is 0.571. The molecule has 2 aromatic heterocycles. The number of halogens is 1. The molecule has 1 aromatic carbocycles. The van der Waals surface area contributed by atoms with E-state index in [0.717, 1.165) is 35.4 Å². The van der Waals surface area contributed by atoms with Gasteiger partial charge in [-0.05, 0) is 52.7 Å². The van der Waals surface area contributed by atoms with Gasteiger partial charge in [0.05, 0.1) is 11.9 Å². The Bertz CT molecular complexity index is 896. The molecule has 27 heavy (non-hydrogen) atoms. The average molecular weight is 427 g/mol. The van der Waals surface area contributed by atoms with Crippen LogP contribution >= 0.6 is 15.9 Å². The lowest BCUT2D eigenvalue weighted by molar-refractivity contribution is 0.126. The highest BCUT2D eigenvalue weighted by Crippen LogP contribution is 2.24. The Morgan fingerprint density at radius 3 is 2.67 bits per heavy atom. The molecule has 4 nitrogen and oxygen atoms in total. The van der Waals surface area contributed by atoms with Crippen LogP contribution in [-0.2, 0) is 6.54 Å². The maximum Gasteiger partial charge on any atom is 0.137 e. The van der Waals surface area contributed by atoms with Crippen LogP contribution in [-0.4, -0.2) is 51.9 Å². The summed E-state index contributed by atoms with van der Waals surface area (Å²) >= 11 is 3.57. The number of aromatic nitrogens is 2. The molecule has 3 aromatic rings. The van der Waals surface area contributed by atoms with Gasteiger partial charge in [0.2, 0.25) is 0 Å². The molecule has 0 spiro atoms. The topological polar surface area (TPSA) is 23.8 Å². The molecule has 5 heteroatoms. The van der Waals surface area contributed by atoms with E-state index in [1.165, 1.54) is 43.6 Å². The first-order chi connectivity index (χ1) is 13.2. The van der Waals surface area contributed by atoms with Gasteiger partial charge in [0, 0.05) is 49.0 Å². The number of unbranched alkanes of at least 4 members (excludes halogenated alkanes) is 1. The molecule has 3 heterocycles. The summed E-state index contributed by atoms with van der Waals surface area (Å²) in [5.74, 6) is 0. The second kappa shape index (κ2) is 8.55. The van der Waals surface area contributed by atoms with Gasteiger partial charge in [-0.3, -0.25) is 9.30 Å². The molecule has 0 amide bonds. The van der Waals surface area contributed by atoms with E-state index in [-0.39, 0.29) is 0 Å². The van der Waals surface area contributed by atoms with E-state index in [0.29, 0.717) is 0 Å². The summed E-state index contributed by atoms with van der Waals surface area (Å²) in [6.45, 7) is 9.26. The van der Waals surface area contributed by atoms with E-state index >= 15 is 0 Å². The second-order valence-electron chi connectivity index (χ2n) is 7.39. The lowest BCUT2D eigenvalue weighted by atomic mass is 10.1. The van der Waals surface area contributed by atoms with Crippen molar-refractivity contribution >= 4 is 21.6 Å². The first-order valence-corrected chi connectivity index (χ1v) is 10.7. The molecule has 0 radical (unpaired) electrons. The molecule has 142 valence electrons. The highest BCUT2D eigenvalue weighted by Gasteiger charge is 2.16. The van der Waals surface area contributed by atoms with Crippen molar-refractivity contribution in [3.63, 3.8) is 0 Å². The Balaban J connectivity index is 1.46. The van der Waals surface area contributed by atoms with Crippen LogP contribution in [0.5, 0.6) is 0 Å². The van der Waals surface area contributed by atoms with Crippen molar-refractivity contribution in [1.82, 2.24) is 19.2 Å². The van der Waals surface area contributed by atoms with Crippen LogP contribution in [0.25, 0.3) is 16.9 Å². The molecule has 0 atom stereocenters. The van der Waals surface area contributed by atoms with Crippen LogP contribution < -0.4 is 0 Å². The predicted octanol–water partition coefficient (Wildman–Crippen LogP) is 4.68. The largest absolute Gasteiger partial charge is 0.301 e. The zero-order valence-electron chi connectivity index (χ0n) is 15.9. The maximum atomic E-state index is 4.54. The van der Waals surface area contributed by atoms with E-state index in [4.69, 9.17) is 0 Å². The van der Waals surface area contributed by atoms with Crippen LogP contribution in [0.2, 0.25) is 0 Å². The Labute approximate surface area is 169 Å². The molecule has 0 N–H and O–H groups in total. The molecule has 4 rings (SSSR count). The van der Waals surface area contributed by atoms with E-state index in [2.05, 4.69) is 72.5 Å². The van der Waals surface area contributed by atoms with Gasteiger partial charge < -0.3 is 4.90 Å². The highest BCUT2D eigenvalue weighted by atomic mass is 79.9. The maximum absolute atomic E-state index is 4.54. The van der Waals surface area contributed by atoms with Crippen molar-refractivity contribution in [2.75, 3.05) is 32.7 Å². The van der Waals surface area contributed by atoms with E-state index in [9.17, 15) is 0 Å². The van der Waals surface area contributed by atoms with Gasteiger partial charge in [-0.15, -0.1) is 0 Å². The number of hydrogen-bond acceptors (Lipinski definition) is 3. The fraction of sp³-hybridized carbons (Fsp3) is 0.409. The minimum atomic E-state index is 0.974. The van der Waals surface area contributed by atoms with E-state index in [1.54, 1.807) is 0 Å². The number of nitrogens with zero attached hydrogens (tertiary/aromatic N) is 4. The lowest BCUT2D eigenvalue weighted by Gasteiger charge is -2.34. The second-order valence-corrected chi connectivity index (χ2v) is 8.31. The number of piperazine rings is 1. The molecule has 1 fully saturated rings. The van der Waals surface area contributed by atoms with Crippen LogP contribution in [0.3, 0.4) is 0 Å². The van der Waals surface area contributed by atoms with Gasteiger partial charge in [-0.2, -0.15) is 0 Å². The number of pyridine rings is 1. The number of fused-ring (bicyclic) bond motifs is 1. The Morgan fingerprint density at radius 1 is 1.04 bits per heavy atom. The Kier molecular flexibility index (Phi) is 5.91. The average Bonchev–Trinajstić information content (AvgIpc) is 3.11. The number of imidazole rings is 1. The molecule has 1 aliphatic rings. The van der Waals surface area contributed by atoms with Crippen LogP contribution in [0, 0.1) is 0 Å². The normalized spacial score (nSPS) is 16.2. The highest BCUT2D eigenvalue weighted by molar-refractivity contribution is 9.10. The molecule has 1 aliphatic heterocycles. The molecule has 0 saturated carbocycles. The number of rotatable bonds is 6. The van der Waals surface area contributed by atoms with Crippen molar-refractivity contribution in [3.05, 3.63) is 58.8 Å². The molecule has 0 aliphatic carbocycles. The van der Waals surface area contributed by atoms with Gasteiger partial charge in [-0.1, -0.05) is 31.5 Å². The van der Waals surface area contributed by atoms with Crippen molar-refractivity contribution < 1.29 is 0 Å². The van der Waals surface area contributed by atoms with Gasteiger partial charge in [-0.25, -0.2) is 4.98 Å². The van der Waals surface area contributed by atoms with Gasteiger partial charge >= 0.3 is 0 Å². The summed E-state index contributed by atoms with van der Waals surface area (Å²) in [4.78, 5) is 9.72. The van der Waals surface area contributed by atoms with Gasteiger partial charge in [0.25, 0.3) is 0 Å². The number of benzene rings is 1. The smallest absolute Gasteiger partial charge is 0.137 e. The molecule has 0 bridgehead atoms. The minimum Gasteiger partial charge on any atom is -0.301 e. The third kappa shape index (κ3) is 4.42. The summed E-state index contributed by atoms with van der Waals surface area (Å²) < 4.78 is 3.21. The summed E-state index contributed by atoms with van der Waals surface area (Å²) in [6, 6.07) is 13.0. The molecular formula is C22H27BrN4. The Hall–Kier alpha value is -1.69. The number of hydrogen-bond donors (Lipinski definition) is 0. The SMILES string of the molecule is CCCCN1CCN(Cc2cccc(-c3cnc4ccc(Br)cn34)c2)CC1. The molecular weight excluding hydrogens is 400 g/mol. The Morgan fingerprint density at radius 2 is 1.85 bits per heavy atom. The fourth-order valence-corrected chi connectivity index (χ4v) is 4.15. The van der Waals surface area contributed by atoms with Crippen LogP contribution in [0.1, 0.15) is 25.3 Å². The van der Waals surface area contributed by atoms with Crippen LogP contribution in [0.4, 0.5) is 0 Å². The minimum absolute atomic E-state index is 0.974. The zero-order valence-corrected chi connectivity index (χ0v) is 17.5. The summed E-state index contributed by atoms with van der Waals surface area (Å²) in [5.41, 5.74) is 4.71. The summed E-state index contributed by atoms with van der Waals surface area (Å²) in [7, 11) is 0. The third-order valence-corrected chi connectivity index (χ3v) is 5.86. The summed E-state index contributed by atoms with van der Waals surface area (Å²) in [5, 5.41) is 0. The predicted molar refractivity (Wildman–Crippen MR) is 115 cm³/mol. The van der Waals surface area contributed by atoms with Gasteiger partial charge in [0.15, 0.2) is 0 Å². The van der Waals surface area contributed by atoms with Gasteiger partial charge in [0.1, 0.15) is 5.65 Å². The van der Waals surface area contributed by atoms with E-state index in [1.807, 2.05) is 18.3 Å². The summed E-state index contributed by atoms with van der Waals surface area (Å²) in [6.07, 6.45) is 6.65. The van der Waals surface area contributed by atoms with Crippen molar-refractivity contribution in [2.24, 2.45) is 0 Å². The van der Waals surface area contributed by atoms with Crippen molar-refractivity contribution in [3.8, 4) is 11.3 Å². The molecule has 1 saturated heterocycles. The third-order valence-electron chi connectivity index (χ3n) is 5.39. The van der Waals surface area contributed by atoms with Crippen LogP contribution in [0.15, 0.2) is 53.3 Å². The first-order valence-electron chi connectivity index (χ1n) is 9.89. The fourth-order valence-electron chi connectivity index (χ4n) is 3.81. The van der Waals surface area contributed by atoms with Crippen molar-refractivity contribution in [2.45, 2.75) is 26.3 Å². The monoisotopic (exact) mass is 426 g/mol. The lowest BCUT2D eigenvalue weighted by Crippen LogP contribution is -2.46.